The highest BCUT2D eigenvalue weighted by atomic mass is 16.5. The first-order valence-corrected chi connectivity index (χ1v) is 4.74. The van der Waals surface area contributed by atoms with Gasteiger partial charge in [-0.25, -0.2) is 4.79 Å². The van der Waals surface area contributed by atoms with Gasteiger partial charge in [0.05, 0.1) is 6.61 Å². The van der Waals surface area contributed by atoms with Gasteiger partial charge in [0.1, 0.15) is 6.04 Å². The Hall–Kier alpha value is -1.06. The second kappa shape index (κ2) is 3.36. The second-order valence-corrected chi connectivity index (χ2v) is 3.65. The largest absolute Gasteiger partial charge is 0.464 e. The van der Waals surface area contributed by atoms with Gasteiger partial charge < -0.3 is 10.1 Å². The van der Waals surface area contributed by atoms with E-state index in [1.165, 1.54) is 0 Å². The minimum Gasteiger partial charge on any atom is -0.464 e. The van der Waals surface area contributed by atoms with E-state index in [9.17, 15) is 9.59 Å². The molecule has 1 saturated heterocycles. The maximum atomic E-state index is 11.4. The van der Waals surface area contributed by atoms with Crippen molar-refractivity contribution in [2.45, 2.75) is 31.7 Å². The molecule has 4 nitrogen and oxygen atoms in total. The van der Waals surface area contributed by atoms with Crippen LogP contribution in [0.5, 0.6) is 0 Å². The Kier molecular flexibility index (Phi) is 2.20. The van der Waals surface area contributed by atoms with Gasteiger partial charge in [-0.05, 0) is 12.8 Å². The zero-order chi connectivity index (χ0) is 9.26. The minimum atomic E-state index is -0.381. The molecule has 2 aliphatic rings. The number of carbonyl (C=O) groups is 2. The van der Waals surface area contributed by atoms with Gasteiger partial charge in [-0.15, -0.1) is 0 Å². The Bertz CT molecular complexity index is 235. The number of nitrogens with one attached hydrogen (secondary N) is 1. The molecular weight excluding hydrogens is 170 g/mol. The molecular formula is C9H13NO3. The van der Waals surface area contributed by atoms with Crippen LogP contribution in [0.15, 0.2) is 0 Å². The van der Waals surface area contributed by atoms with Crippen LogP contribution in [-0.2, 0) is 14.3 Å². The van der Waals surface area contributed by atoms with E-state index in [1.807, 2.05) is 0 Å². The first-order valence-electron chi connectivity index (χ1n) is 4.74. The fraction of sp³-hybridized carbons (Fsp3) is 0.778. The summed E-state index contributed by atoms with van der Waals surface area (Å²) in [6.45, 7) is 0.439. The van der Waals surface area contributed by atoms with E-state index < -0.39 is 0 Å². The Morgan fingerprint density at radius 3 is 2.62 bits per heavy atom. The van der Waals surface area contributed by atoms with Gasteiger partial charge in [-0.2, -0.15) is 0 Å². The fourth-order valence-electron chi connectivity index (χ4n) is 1.59. The molecule has 1 amide bonds. The quantitative estimate of drug-likeness (QED) is 0.623. The average Bonchev–Trinajstić information content (AvgIpc) is 2.32. The van der Waals surface area contributed by atoms with E-state index >= 15 is 0 Å². The van der Waals surface area contributed by atoms with E-state index in [-0.39, 0.29) is 23.8 Å². The number of amides is 1. The number of hydrogen-bond acceptors (Lipinski definition) is 3. The summed E-state index contributed by atoms with van der Waals surface area (Å²) in [5.74, 6) is -0.115. The van der Waals surface area contributed by atoms with Crippen molar-refractivity contribution in [2.75, 3.05) is 6.61 Å². The lowest BCUT2D eigenvalue weighted by Gasteiger charge is -2.24. The lowest BCUT2D eigenvalue weighted by molar-refractivity contribution is -0.142. The third kappa shape index (κ3) is 1.66. The molecule has 0 aromatic carbocycles. The van der Waals surface area contributed by atoms with Crippen molar-refractivity contribution in [2.24, 2.45) is 5.92 Å². The number of cyclic esters (lactones) is 1. The summed E-state index contributed by atoms with van der Waals surface area (Å²) < 4.78 is 4.74. The zero-order valence-corrected chi connectivity index (χ0v) is 7.41. The maximum Gasteiger partial charge on any atom is 0.328 e. The van der Waals surface area contributed by atoms with Crippen molar-refractivity contribution < 1.29 is 14.3 Å². The predicted octanol–water partition coefficient (Wildman–Crippen LogP) is 0.218. The van der Waals surface area contributed by atoms with Gasteiger partial charge in [0.2, 0.25) is 5.91 Å². The number of carbonyl (C=O) groups excluding carboxylic acids is 2. The molecule has 13 heavy (non-hydrogen) atoms. The van der Waals surface area contributed by atoms with Crippen LogP contribution in [0.25, 0.3) is 0 Å². The van der Waals surface area contributed by atoms with Crippen LogP contribution in [-0.4, -0.2) is 24.5 Å². The highest BCUT2D eigenvalue weighted by molar-refractivity contribution is 5.86. The maximum absolute atomic E-state index is 11.4. The predicted molar refractivity (Wildman–Crippen MR) is 44.8 cm³/mol. The van der Waals surface area contributed by atoms with E-state index in [0.29, 0.717) is 13.0 Å². The molecule has 1 atom stereocenters. The SMILES string of the molecule is O=C(NC1CCOC1=O)C1CCC1. The van der Waals surface area contributed by atoms with E-state index in [1.54, 1.807) is 0 Å². The van der Waals surface area contributed by atoms with Crippen LogP contribution in [0.2, 0.25) is 0 Å². The monoisotopic (exact) mass is 183 g/mol. The molecule has 0 bridgehead atoms. The van der Waals surface area contributed by atoms with E-state index in [2.05, 4.69) is 5.32 Å². The molecule has 1 aliphatic carbocycles. The summed E-state index contributed by atoms with van der Waals surface area (Å²) in [7, 11) is 0. The Balaban J connectivity index is 1.82. The van der Waals surface area contributed by atoms with Crippen molar-refractivity contribution in [3.63, 3.8) is 0 Å². The fourth-order valence-corrected chi connectivity index (χ4v) is 1.59. The Labute approximate surface area is 76.6 Å². The highest BCUT2D eigenvalue weighted by Crippen LogP contribution is 2.26. The summed E-state index contributed by atoms with van der Waals surface area (Å²) in [6.07, 6.45) is 3.69. The molecule has 1 heterocycles. The third-order valence-corrected chi connectivity index (χ3v) is 2.73. The standard InChI is InChI=1S/C9H13NO3/c11-8(6-2-1-3-6)10-7-4-5-13-9(7)12/h6-7H,1-5H2,(H,10,11). The van der Waals surface area contributed by atoms with Crippen LogP contribution in [0.1, 0.15) is 25.7 Å². The molecule has 0 radical (unpaired) electrons. The normalized spacial score (nSPS) is 28.0. The van der Waals surface area contributed by atoms with Crippen LogP contribution < -0.4 is 5.32 Å². The molecule has 0 aromatic rings. The molecule has 1 aliphatic heterocycles. The lowest BCUT2D eigenvalue weighted by atomic mass is 9.84. The lowest BCUT2D eigenvalue weighted by Crippen LogP contribution is -2.43. The highest BCUT2D eigenvalue weighted by Gasteiger charge is 2.32. The summed E-state index contributed by atoms with van der Waals surface area (Å²) >= 11 is 0. The first-order chi connectivity index (χ1) is 6.27. The third-order valence-electron chi connectivity index (χ3n) is 2.73. The van der Waals surface area contributed by atoms with Gasteiger partial charge in [0, 0.05) is 12.3 Å². The number of hydrogen-bond donors (Lipinski definition) is 1. The Morgan fingerprint density at radius 1 is 1.38 bits per heavy atom. The summed E-state index contributed by atoms with van der Waals surface area (Å²) in [6, 6.07) is -0.381. The van der Waals surface area contributed by atoms with Crippen molar-refractivity contribution in [1.29, 1.82) is 0 Å². The van der Waals surface area contributed by atoms with Gasteiger partial charge in [0.25, 0.3) is 0 Å². The number of rotatable bonds is 2. The van der Waals surface area contributed by atoms with Gasteiger partial charge in [-0.1, -0.05) is 6.42 Å². The van der Waals surface area contributed by atoms with Gasteiger partial charge >= 0.3 is 5.97 Å². The molecule has 72 valence electrons. The summed E-state index contributed by atoms with van der Waals surface area (Å²) in [5, 5.41) is 2.72. The van der Waals surface area contributed by atoms with Crippen LogP contribution in [0.4, 0.5) is 0 Å². The average molecular weight is 183 g/mol. The molecule has 0 spiro atoms. The van der Waals surface area contributed by atoms with Gasteiger partial charge in [0.15, 0.2) is 0 Å². The summed E-state index contributed by atoms with van der Waals surface area (Å²) in [4.78, 5) is 22.4. The number of esters is 1. The molecule has 4 heteroatoms. The number of ether oxygens (including phenoxy) is 1. The van der Waals surface area contributed by atoms with Crippen LogP contribution >= 0.6 is 0 Å². The Morgan fingerprint density at radius 2 is 2.15 bits per heavy atom. The van der Waals surface area contributed by atoms with Crippen molar-refractivity contribution >= 4 is 11.9 Å². The molecule has 1 unspecified atom stereocenters. The molecule has 2 fully saturated rings. The second-order valence-electron chi connectivity index (χ2n) is 3.65. The first kappa shape index (κ1) is 8.53. The molecule has 1 N–H and O–H groups in total. The topological polar surface area (TPSA) is 55.4 Å². The van der Waals surface area contributed by atoms with Crippen LogP contribution in [0, 0.1) is 5.92 Å². The smallest absolute Gasteiger partial charge is 0.328 e. The van der Waals surface area contributed by atoms with E-state index in [4.69, 9.17) is 4.74 Å². The van der Waals surface area contributed by atoms with Gasteiger partial charge in [-0.3, -0.25) is 4.79 Å². The van der Waals surface area contributed by atoms with Crippen molar-refractivity contribution in [3.05, 3.63) is 0 Å². The van der Waals surface area contributed by atoms with Crippen molar-refractivity contribution in [1.82, 2.24) is 5.32 Å². The molecule has 0 aromatic heterocycles. The zero-order valence-electron chi connectivity index (χ0n) is 7.41. The van der Waals surface area contributed by atoms with Crippen molar-refractivity contribution in [3.8, 4) is 0 Å². The molecule has 2 rings (SSSR count). The van der Waals surface area contributed by atoms with Crippen LogP contribution in [0.3, 0.4) is 0 Å². The van der Waals surface area contributed by atoms with E-state index in [0.717, 1.165) is 19.3 Å². The minimum absolute atomic E-state index is 0.0232. The molecule has 1 saturated carbocycles. The summed E-state index contributed by atoms with van der Waals surface area (Å²) in [5.41, 5.74) is 0.